The van der Waals surface area contributed by atoms with Gasteiger partial charge in [-0.1, -0.05) is 38.1 Å². The van der Waals surface area contributed by atoms with Crippen molar-refractivity contribution >= 4 is 0 Å². The van der Waals surface area contributed by atoms with Crippen molar-refractivity contribution in [1.82, 2.24) is 10.2 Å². The lowest BCUT2D eigenvalue weighted by molar-refractivity contribution is 0.111. The van der Waals surface area contributed by atoms with Gasteiger partial charge in [-0.2, -0.15) is 0 Å². The summed E-state index contributed by atoms with van der Waals surface area (Å²) in [4.78, 5) is 2.68. The molecule has 0 amide bonds. The van der Waals surface area contributed by atoms with Crippen LogP contribution in [-0.2, 0) is 0 Å². The summed E-state index contributed by atoms with van der Waals surface area (Å²) in [5.41, 5.74) is 2.92. The first-order valence-electron chi connectivity index (χ1n) is 8.19. The van der Waals surface area contributed by atoms with E-state index in [4.69, 9.17) is 0 Å². The van der Waals surface area contributed by atoms with Gasteiger partial charge in [0.1, 0.15) is 0 Å². The fourth-order valence-electron chi connectivity index (χ4n) is 3.79. The van der Waals surface area contributed by atoms with E-state index in [0.29, 0.717) is 12.0 Å². The molecule has 0 saturated carbocycles. The highest BCUT2D eigenvalue weighted by Gasteiger charge is 2.34. The molecule has 1 aromatic rings. The van der Waals surface area contributed by atoms with E-state index in [1.807, 2.05) is 0 Å². The molecule has 0 radical (unpaired) electrons. The van der Waals surface area contributed by atoms with Crippen molar-refractivity contribution in [2.45, 2.75) is 39.2 Å². The molecule has 20 heavy (non-hydrogen) atoms. The fourth-order valence-corrected chi connectivity index (χ4v) is 3.79. The molecule has 110 valence electrons. The third-order valence-electron chi connectivity index (χ3n) is 5.37. The van der Waals surface area contributed by atoms with Crippen LogP contribution in [0.4, 0.5) is 0 Å². The van der Waals surface area contributed by atoms with E-state index in [2.05, 4.69) is 55.3 Å². The van der Waals surface area contributed by atoms with Crippen LogP contribution in [0.15, 0.2) is 24.3 Å². The Morgan fingerprint density at radius 1 is 1.00 bits per heavy atom. The van der Waals surface area contributed by atoms with Crippen molar-refractivity contribution in [2.75, 3.05) is 26.2 Å². The molecule has 2 nitrogen and oxygen atoms in total. The SMILES string of the molecule is CC(C)c1ccc(C(C)N2CCC3CNCC3C2)cc1. The second-order valence-electron chi connectivity index (χ2n) is 6.96. The summed E-state index contributed by atoms with van der Waals surface area (Å²) in [7, 11) is 0. The largest absolute Gasteiger partial charge is 0.316 e. The zero-order valence-corrected chi connectivity index (χ0v) is 13.1. The first-order valence-corrected chi connectivity index (χ1v) is 8.19. The van der Waals surface area contributed by atoms with Crippen LogP contribution in [0.2, 0.25) is 0 Å². The minimum Gasteiger partial charge on any atom is -0.316 e. The topological polar surface area (TPSA) is 15.3 Å². The van der Waals surface area contributed by atoms with E-state index in [1.165, 1.54) is 43.7 Å². The van der Waals surface area contributed by atoms with Gasteiger partial charge < -0.3 is 5.32 Å². The summed E-state index contributed by atoms with van der Waals surface area (Å²) in [5.74, 6) is 2.43. The van der Waals surface area contributed by atoms with E-state index < -0.39 is 0 Å². The standard InChI is InChI=1S/C18H28N2/c1-13(2)15-4-6-16(7-5-15)14(3)20-9-8-17-10-19-11-18(17)12-20/h4-7,13-14,17-19H,8-12H2,1-3H3. The number of likely N-dealkylation sites (tertiary alicyclic amines) is 1. The summed E-state index contributed by atoms with van der Waals surface area (Å²) >= 11 is 0. The molecule has 2 aliphatic rings. The van der Waals surface area contributed by atoms with Crippen LogP contribution in [0.1, 0.15) is 50.3 Å². The van der Waals surface area contributed by atoms with Gasteiger partial charge in [-0.3, -0.25) is 4.90 Å². The smallest absolute Gasteiger partial charge is 0.0320 e. The Balaban J connectivity index is 1.67. The van der Waals surface area contributed by atoms with Crippen molar-refractivity contribution in [3.63, 3.8) is 0 Å². The molecule has 3 atom stereocenters. The van der Waals surface area contributed by atoms with E-state index >= 15 is 0 Å². The van der Waals surface area contributed by atoms with Gasteiger partial charge in [0.2, 0.25) is 0 Å². The number of piperidine rings is 1. The number of fused-ring (bicyclic) bond motifs is 1. The lowest BCUT2D eigenvalue weighted by Gasteiger charge is -2.38. The maximum atomic E-state index is 3.56. The fraction of sp³-hybridized carbons (Fsp3) is 0.667. The molecule has 1 N–H and O–H groups in total. The molecule has 2 heterocycles. The summed E-state index contributed by atoms with van der Waals surface area (Å²) in [6.45, 7) is 11.9. The first kappa shape index (κ1) is 14.1. The second-order valence-corrected chi connectivity index (χ2v) is 6.96. The molecular formula is C18H28N2. The molecule has 2 saturated heterocycles. The second kappa shape index (κ2) is 5.87. The summed E-state index contributed by atoms with van der Waals surface area (Å²) in [5, 5.41) is 3.56. The predicted octanol–water partition coefficient (Wildman–Crippen LogP) is 3.41. The van der Waals surface area contributed by atoms with Crippen LogP contribution < -0.4 is 5.32 Å². The van der Waals surface area contributed by atoms with Crippen LogP contribution in [0.3, 0.4) is 0 Å². The van der Waals surface area contributed by atoms with Gasteiger partial charge in [0.05, 0.1) is 0 Å². The number of rotatable bonds is 3. The van der Waals surface area contributed by atoms with Crippen LogP contribution in [0.25, 0.3) is 0 Å². The van der Waals surface area contributed by atoms with Gasteiger partial charge in [0.25, 0.3) is 0 Å². The molecule has 0 aliphatic carbocycles. The lowest BCUT2D eigenvalue weighted by atomic mass is 9.87. The Morgan fingerprint density at radius 2 is 1.65 bits per heavy atom. The Morgan fingerprint density at radius 3 is 2.35 bits per heavy atom. The van der Waals surface area contributed by atoms with E-state index in [9.17, 15) is 0 Å². The number of nitrogens with one attached hydrogen (secondary N) is 1. The molecule has 0 bridgehead atoms. The minimum absolute atomic E-state index is 0.553. The van der Waals surface area contributed by atoms with E-state index in [1.54, 1.807) is 0 Å². The molecule has 2 fully saturated rings. The Labute approximate surface area is 123 Å². The summed E-state index contributed by atoms with van der Waals surface area (Å²) < 4.78 is 0. The molecule has 3 rings (SSSR count). The van der Waals surface area contributed by atoms with E-state index in [0.717, 1.165) is 11.8 Å². The lowest BCUT2D eigenvalue weighted by Crippen LogP contribution is -2.41. The average Bonchev–Trinajstić information content (AvgIpc) is 2.94. The highest BCUT2D eigenvalue weighted by molar-refractivity contribution is 5.26. The van der Waals surface area contributed by atoms with Crippen LogP contribution in [0.5, 0.6) is 0 Å². The van der Waals surface area contributed by atoms with Crippen LogP contribution in [0, 0.1) is 11.8 Å². The van der Waals surface area contributed by atoms with Gasteiger partial charge in [-0.05, 0) is 61.9 Å². The normalized spacial score (nSPS) is 28.6. The molecule has 2 aliphatic heterocycles. The van der Waals surface area contributed by atoms with Gasteiger partial charge >= 0.3 is 0 Å². The quantitative estimate of drug-likeness (QED) is 0.907. The third-order valence-corrected chi connectivity index (χ3v) is 5.37. The molecule has 2 heteroatoms. The summed E-state index contributed by atoms with van der Waals surface area (Å²) in [6, 6.07) is 9.83. The van der Waals surface area contributed by atoms with Crippen molar-refractivity contribution in [3.05, 3.63) is 35.4 Å². The summed E-state index contributed by atoms with van der Waals surface area (Å²) in [6.07, 6.45) is 1.37. The highest BCUT2D eigenvalue weighted by Crippen LogP contribution is 2.32. The first-order chi connectivity index (χ1) is 9.65. The minimum atomic E-state index is 0.553. The number of hydrogen-bond acceptors (Lipinski definition) is 2. The maximum absolute atomic E-state index is 3.56. The number of benzene rings is 1. The predicted molar refractivity (Wildman–Crippen MR) is 85.0 cm³/mol. The van der Waals surface area contributed by atoms with Crippen molar-refractivity contribution in [1.29, 1.82) is 0 Å². The molecule has 1 aromatic carbocycles. The highest BCUT2D eigenvalue weighted by atomic mass is 15.2. The zero-order chi connectivity index (χ0) is 14.1. The monoisotopic (exact) mass is 272 g/mol. The Hall–Kier alpha value is -0.860. The van der Waals surface area contributed by atoms with Crippen molar-refractivity contribution in [3.8, 4) is 0 Å². The number of nitrogens with zero attached hydrogens (tertiary/aromatic N) is 1. The number of hydrogen-bond donors (Lipinski definition) is 1. The van der Waals surface area contributed by atoms with Gasteiger partial charge in [0.15, 0.2) is 0 Å². The molecule has 0 aromatic heterocycles. The van der Waals surface area contributed by atoms with Gasteiger partial charge in [-0.15, -0.1) is 0 Å². The molecular weight excluding hydrogens is 244 g/mol. The molecule has 0 spiro atoms. The Kier molecular flexibility index (Phi) is 4.13. The third kappa shape index (κ3) is 2.77. The molecule has 3 unspecified atom stereocenters. The van der Waals surface area contributed by atoms with Crippen LogP contribution in [-0.4, -0.2) is 31.1 Å². The van der Waals surface area contributed by atoms with Crippen molar-refractivity contribution < 1.29 is 0 Å². The van der Waals surface area contributed by atoms with Gasteiger partial charge in [-0.25, -0.2) is 0 Å². The van der Waals surface area contributed by atoms with Gasteiger partial charge in [0, 0.05) is 12.6 Å². The van der Waals surface area contributed by atoms with Crippen molar-refractivity contribution in [2.24, 2.45) is 11.8 Å². The zero-order valence-electron chi connectivity index (χ0n) is 13.1. The average molecular weight is 272 g/mol. The van der Waals surface area contributed by atoms with E-state index in [-0.39, 0.29) is 0 Å². The maximum Gasteiger partial charge on any atom is 0.0320 e. The van der Waals surface area contributed by atoms with Crippen LogP contribution >= 0.6 is 0 Å². The Bertz CT molecular complexity index is 437.